The fourth-order valence-corrected chi connectivity index (χ4v) is 4.39. The molecule has 0 unspecified atom stereocenters. The number of benzene rings is 1. The summed E-state index contributed by atoms with van der Waals surface area (Å²) in [5.41, 5.74) is 7.12. The van der Waals surface area contributed by atoms with Crippen LogP contribution < -0.4 is 15.5 Å². The van der Waals surface area contributed by atoms with Crippen LogP contribution in [-0.2, 0) is 6.42 Å². The van der Waals surface area contributed by atoms with Crippen molar-refractivity contribution in [3.8, 4) is 0 Å². The lowest BCUT2D eigenvalue weighted by atomic mass is 10.0. The van der Waals surface area contributed by atoms with Crippen LogP contribution in [0.4, 0.5) is 17.3 Å². The van der Waals surface area contributed by atoms with Gasteiger partial charge in [0.25, 0.3) is 0 Å². The predicted molar refractivity (Wildman–Crippen MR) is 133 cm³/mol. The Kier molecular flexibility index (Phi) is 5.23. The molecule has 5 heterocycles. The molecule has 1 aliphatic rings. The number of hydrogen-bond donors (Lipinski definition) is 2. The Morgan fingerprint density at radius 3 is 2.76 bits per heavy atom. The lowest BCUT2D eigenvalue weighted by Gasteiger charge is -2.28. The topological polar surface area (TPSA) is 96.2 Å². The molecule has 1 fully saturated rings. The minimum atomic E-state index is 0.714. The Bertz CT molecular complexity index is 1470. The van der Waals surface area contributed by atoms with E-state index in [2.05, 4.69) is 72.8 Å². The van der Waals surface area contributed by atoms with E-state index in [9.17, 15) is 0 Å². The highest BCUT2D eigenvalue weighted by atomic mass is 15.3. The van der Waals surface area contributed by atoms with Crippen LogP contribution in [0, 0.1) is 6.92 Å². The van der Waals surface area contributed by atoms with Crippen molar-refractivity contribution in [2.24, 2.45) is 0 Å². The summed E-state index contributed by atoms with van der Waals surface area (Å²) in [6.07, 6.45) is 5.94. The summed E-state index contributed by atoms with van der Waals surface area (Å²) in [6, 6.07) is 14.6. The van der Waals surface area contributed by atoms with E-state index in [1.165, 1.54) is 16.7 Å². The summed E-state index contributed by atoms with van der Waals surface area (Å²) in [6.45, 7) is 5.96. The van der Waals surface area contributed by atoms with E-state index in [0.29, 0.717) is 5.82 Å². The highest BCUT2D eigenvalue weighted by Gasteiger charge is 2.14. The summed E-state index contributed by atoms with van der Waals surface area (Å²) in [5.74, 6) is 1.68. The third-order valence-corrected chi connectivity index (χ3v) is 6.25. The van der Waals surface area contributed by atoms with Crippen molar-refractivity contribution in [3.63, 3.8) is 0 Å². The maximum atomic E-state index is 4.91. The molecular weight excluding hydrogens is 426 g/mol. The number of nitrogens with one attached hydrogen (secondary N) is 2. The molecule has 0 aliphatic carbocycles. The van der Waals surface area contributed by atoms with Crippen LogP contribution >= 0.6 is 0 Å². The monoisotopic (exact) mass is 451 g/mol. The molecule has 5 aromatic rings. The Hall–Kier alpha value is -4.11. The SMILES string of the molecule is Cc1cc(Nc2ncnc3ccc(N4CCNCC4)nc23)ccc1Cc1ccn2ncnc2c1. The highest BCUT2D eigenvalue weighted by molar-refractivity contribution is 5.88. The van der Waals surface area contributed by atoms with E-state index >= 15 is 0 Å². The third-order valence-electron chi connectivity index (χ3n) is 6.25. The van der Waals surface area contributed by atoms with Gasteiger partial charge in [-0.25, -0.2) is 24.5 Å². The second kappa shape index (κ2) is 8.68. The Labute approximate surface area is 196 Å². The number of hydrogen-bond acceptors (Lipinski definition) is 8. The molecule has 0 saturated carbocycles. The number of aryl methyl sites for hydroxylation is 1. The molecule has 9 heteroatoms. The van der Waals surface area contributed by atoms with Gasteiger partial charge in [0.05, 0.1) is 5.52 Å². The number of piperazine rings is 1. The average molecular weight is 452 g/mol. The van der Waals surface area contributed by atoms with Gasteiger partial charge >= 0.3 is 0 Å². The molecule has 1 aromatic carbocycles. The van der Waals surface area contributed by atoms with Crippen LogP contribution in [-0.4, -0.2) is 55.7 Å². The molecule has 170 valence electrons. The molecule has 0 spiro atoms. The fourth-order valence-electron chi connectivity index (χ4n) is 4.39. The summed E-state index contributed by atoms with van der Waals surface area (Å²) in [4.78, 5) is 20.4. The quantitative estimate of drug-likeness (QED) is 0.421. The van der Waals surface area contributed by atoms with Gasteiger partial charge in [-0.15, -0.1) is 0 Å². The van der Waals surface area contributed by atoms with Gasteiger partial charge in [-0.05, 0) is 66.4 Å². The maximum absolute atomic E-state index is 4.91. The molecule has 9 nitrogen and oxygen atoms in total. The van der Waals surface area contributed by atoms with Gasteiger partial charge in [0.1, 0.15) is 24.0 Å². The molecule has 1 aliphatic heterocycles. The fraction of sp³-hybridized carbons (Fsp3) is 0.240. The van der Waals surface area contributed by atoms with Gasteiger partial charge in [-0.1, -0.05) is 6.07 Å². The first-order valence-corrected chi connectivity index (χ1v) is 11.5. The number of nitrogens with zero attached hydrogens (tertiary/aromatic N) is 7. The molecule has 0 amide bonds. The maximum Gasteiger partial charge on any atom is 0.160 e. The summed E-state index contributed by atoms with van der Waals surface area (Å²) >= 11 is 0. The van der Waals surface area contributed by atoms with Gasteiger partial charge in [-0.2, -0.15) is 5.10 Å². The Morgan fingerprint density at radius 2 is 1.88 bits per heavy atom. The smallest absolute Gasteiger partial charge is 0.160 e. The third kappa shape index (κ3) is 4.01. The summed E-state index contributed by atoms with van der Waals surface area (Å²) < 4.78 is 1.77. The van der Waals surface area contributed by atoms with Crippen LogP contribution in [0.25, 0.3) is 16.7 Å². The van der Waals surface area contributed by atoms with Gasteiger partial charge < -0.3 is 15.5 Å². The van der Waals surface area contributed by atoms with Crippen LogP contribution in [0.2, 0.25) is 0 Å². The molecule has 0 radical (unpaired) electrons. The van der Waals surface area contributed by atoms with Gasteiger partial charge in [0.15, 0.2) is 11.5 Å². The van der Waals surface area contributed by atoms with E-state index in [1.807, 2.05) is 18.3 Å². The van der Waals surface area contributed by atoms with Crippen molar-refractivity contribution in [1.29, 1.82) is 0 Å². The number of anilines is 3. The molecule has 2 N–H and O–H groups in total. The van der Waals surface area contributed by atoms with Gasteiger partial charge in [0.2, 0.25) is 0 Å². The van der Waals surface area contributed by atoms with Crippen LogP contribution in [0.3, 0.4) is 0 Å². The largest absolute Gasteiger partial charge is 0.354 e. The minimum absolute atomic E-state index is 0.714. The Morgan fingerprint density at radius 1 is 0.971 bits per heavy atom. The second-order valence-electron chi connectivity index (χ2n) is 8.54. The first-order chi connectivity index (χ1) is 16.7. The first kappa shape index (κ1) is 20.5. The van der Waals surface area contributed by atoms with E-state index in [4.69, 9.17) is 4.98 Å². The average Bonchev–Trinajstić information content (AvgIpc) is 3.34. The Balaban J connectivity index is 1.25. The van der Waals surface area contributed by atoms with E-state index in [0.717, 1.165) is 60.8 Å². The lowest BCUT2D eigenvalue weighted by molar-refractivity contribution is 0.585. The van der Waals surface area contributed by atoms with E-state index in [-0.39, 0.29) is 0 Å². The molecule has 34 heavy (non-hydrogen) atoms. The number of aromatic nitrogens is 6. The van der Waals surface area contributed by atoms with Crippen molar-refractivity contribution < 1.29 is 0 Å². The van der Waals surface area contributed by atoms with E-state index < -0.39 is 0 Å². The summed E-state index contributed by atoms with van der Waals surface area (Å²) in [7, 11) is 0. The number of fused-ring (bicyclic) bond motifs is 2. The van der Waals surface area contributed by atoms with Gasteiger partial charge in [-0.3, -0.25) is 0 Å². The first-order valence-electron chi connectivity index (χ1n) is 11.5. The predicted octanol–water partition coefficient (Wildman–Crippen LogP) is 3.12. The van der Waals surface area contributed by atoms with Gasteiger partial charge in [0, 0.05) is 38.1 Å². The summed E-state index contributed by atoms with van der Waals surface area (Å²) in [5, 5.41) is 11.0. The van der Waals surface area contributed by atoms with Crippen molar-refractivity contribution >= 4 is 34.0 Å². The number of rotatable bonds is 5. The lowest BCUT2D eigenvalue weighted by Crippen LogP contribution is -2.43. The van der Waals surface area contributed by atoms with Crippen molar-refractivity contribution in [1.82, 2.24) is 34.9 Å². The van der Waals surface area contributed by atoms with Crippen molar-refractivity contribution in [2.75, 3.05) is 36.4 Å². The molecule has 4 aromatic heterocycles. The van der Waals surface area contributed by atoms with Crippen molar-refractivity contribution in [3.05, 3.63) is 78.0 Å². The standard InChI is InChI=1S/C25H25N9/c1-17-12-20(3-2-19(17)13-18-6-9-34-23(14-18)28-16-30-34)31-25-24-21(27-15-29-25)4-5-22(32-24)33-10-7-26-8-11-33/h2-6,9,12,14-16,26H,7-8,10-11,13H2,1H3,(H,27,29,31). The zero-order chi connectivity index (χ0) is 22.9. The molecule has 0 atom stereocenters. The van der Waals surface area contributed by atoms with Crippen LogP contribution in [0.5, 0.6) is 0 Å². The number of pyridine rings is 2. The minimum Gasteiger partial charge on any atom is -0.354 e. The highest BCUT2D eigenvalue weighted by Crippen LogP contribution is 2.26. The molecule has 6 rings (SSSR count). The zero-order valence-electron chi connectivity index (χ0n) is 18.9. The zero-order valence-corrected chi connectivity index (χ0v) is 18.9. The normalized spacial score (nSPS) is 14.1. The molecule has 0 bridgehead atoms. The van der Waals surface area contributed by atoms with Crippen LogP contribution in [0.1, 0.15) is 16.7 Å². The molecular formula is C25H25N9. The molecule has 1 saturated heterocycles. The van der Waals surface area contributed by atoms with Crippen LogP contribution in [0.15, 0.2) is 61.3 Å². The van der Waals surface area contributed by atoms with E-state index in [1.54, 1.807) is 17.2 Å². The second-order valence-corrected chi connectivity index (χ2v) is 8.54. The van der Waals surface area contributed by atoms with Crippen molar-refractivity contribution in [2.45, 2.75) is 13.3 Å².